The molecular formula is C14H16BrNO2S. The number of nitrogens with one attached hydrogen (secondary N) is 1. The topological polar surface area (TPSA) is 41.5 Å². The molecule has 19 heavy (non-hydrogen) atoms. The fourth-order valence-electron chi connectivity index (χ4n) is 1.83. The largest absolute Gasteiger partial charge is 0.507 e. The van der Waals surface area contributed by atoms with Crippen LogP contribution < -0.4 is 10.1 Å². The molecule has 0 aliphatic heterocycles. The normalized spacial score (nSPS) is 12.4. The Hall–Kier alpha value is -1.04. The van der Waals surface area contributed by atoms with Crippen LogP contribution in [0.3, 0.4) is 0 Å². The quantitative estimate of drug-likeness (QED) is 0.860. The van der Waals surface area contributed by atoms with Crippen LogP contribution in [-0.2, 0) is 6.54 Å². The molecule has 102 valence electrons. The molecule has 0 saturated heterocycles. The summed E-state index contributed by atoms with van der Waals surface area (Å²) in [6, 6.07) is 9.58. The van der Waals surface area contributed by atoms with E-state index in [1.807, 2.05) is 25.1 Å². The van der Waals surface area contributed by atoms with Crippen molar-refractivity contribution < 1.29 is 9.84 Å². The van der Waals surface area contributed by atoms with E-state index in [2.05, 4.69) is 27.3 Å². The van der Waals surface area contributed by atoms with Gasteiger partial charge in [0.05, 0.1) is 10.9 Å². The molecule has 1 atom stereocenters. The molecule has 0 spiro atoms. The van der Waals surface area contributed by atoms with E-state index in [1.54, 1.807) is 24.5 Å². The molecule has 0 fully saturated rings. The summed E-state index contributed by atoms with van der Waals surface area (Å²) >= 11 is 5.16. The summed E-state index contributed by atoms with van der Waals surface area (Å²) in [6.07, 6.45) is 0. The van der Waals surface area contributed by atoms with Crippen molar-refractivity contribution in [2.24, 2.45) is 0 Å². The van der Waals surface area contributed by atoms with Crippen molar-refractivity contribution in [2.45, 2.75) is 19.5 Å². The fourth-order valence-corrected chi connectivity index (χ4v) is 3.26. The van der Waals surface area contributed by atoms with E-state index < -0.39 is 0 Å². The third-order valence-electron chi connectivity index (χ3n) is 2.92. The zero-order valence-electron chi connectivity index (χ0n) is 10.8. The first-order valence-electron chi connectivity index (χ1n) is 5.94. The lowest BCUT2D eigenvalue weighted by Crippen LogP contribution is -2.17. The van der Waals surface area contributed by atoms with Gasteiger partial charge in [-0.25, -0.2) is 0 Å². The number of halogens is 1. The minimum Gasteiger partial charge on any atom is -0.507 e. The molecule has 1 aromatic carbocycles. The van der Waals surface area contributed by atoms with Crippen LogP contribution in [0.5, 0.6) is 11.5 Å². The van der Waals surface area contributed by atoms with E-state index in [-0.39, 0.29) is 11.8 Å². The SMILES string of the molecule is COc1ccc(C(C)NCc2ccc(Br)s2)c(O)c1. The molecule has 0 bridgehead atoms. The number of phenolic OH excluding ortho intramolecular Hbond substituents is 1. The van der Waals surface area contributed by atoms with Crippen LogP contribution in [0.4, 0.5) is 0 Å². The molecule has 2 aromatic rings. The highest BCUT2D eigenvalue weighted by molar-refractivity contribution is 9.11. The predicted molar refractivity (Wildman–Crippen MR) is 81.9 cm³/mol. The number of benzene rings is 1. The summed E-state index contributed by atoms with van der Waals surface area (Å²) in [4.78, 5) is 1.26. The second-order valence-corrected chi connectivity index (χ2v) is 6.78. The van der Waals surface area contributed by atoms with Gasteiger partial charge in [-0.05, 0) is 41.1 Å². The Morgan fingerprint density at radius 3 is 2.74 bits per heavy atom. The lowest BCUT2D eigenvalue weighted by atomic mass is 10.1. The first kappa shape index (κ1) is 14.4. The average Bonchev–Trinajstić information content (AvgIpc) is 2.81. The lowest BCUT2D eigenvalue weighted by Gasteiger charge is -2.15. The van der Waals surface area contributed by atoms with Crippen molar-refractivity contribution in [3.05, 3.63) is 44.6 Å². The van der Waals surface area contributed by atoms with Crippen molar-refractivity contribution in [1.29, 1.82) is 0 Å². The number of rotatable bonds is 5. The Bertz CT molecular complexity index is 556. The van der Waals surface area contributed by atoms with Crippen LogP contribution in [0.15, 0.2) is 34.1 Å². The molecule has 0 aliphatic rings. The summed E-state index contributed by atoms with van der Waals surface area (Å²) in [5, 5.41) is 13.4. The molecule has 1 heterocycles. The van der Waals surface area contributed by atoms with E-state index in [0.29, 0.717) is 5.75 Å². The van der Waals surface area contributed by atoms with Crippen LogP contribution in [0, 0.1) is 0 Å². The maximum absolute atomic E-state index is 9.97. The molecule has 0 amide bonds. The van der Waals surface area contributed by atoms with Gasteiger partial charge < -0.3 is 15.2 Å². The van der Waals surface area contributed by atoms with Crippen LogP contribution >= 0.6 is 27.3 Å². The minimum absolute atomic E-state index is 0.0757. The van der Waals surface area contributed by atoms with Gasteiger partial charge >= 0.3 is 0 Å². The highest BCUT2D eigenvalue weighted by Crippen LogP contribution is 2.29. The Labute approximate surface area is 125 Å². The van der Waals surface area contributed by atoms with E-state index in [9.17, 15) is 5.11 Å². The Kier molecular flexibility index (Phi) is 4.85. The predicted octanol–water partition coefficient (Wildman–Crippen LogP) is 4.08. The molecule has 2 rings (SSSR count). The number of hydrogen-bond donors (Lipinski definition) is 2. The van der Waals surface area contributed by atoms with Crippen LogP contribution in [0.2, 0.25) is 0 Å². The van der Waals surface area contributed by atoms with Gasteiger partial charge in [-0.15, -0.1) is 11.3 Å². The van der Waals surface area contributed by atoms with E-state index in [4.69, 9.17) is 4.74 Å². The van der Waals surface area contributed by atoms with Crippen LogP contribution in [0.1, 0.15) is 23.4 Å². The minimum atomic E-state index is 0.0757. The molecule has 5 heteroatoms. The second-order valence-electron chi connectivity index (χ2n) is 4.23. The van der Waals surface area contributed by atoms with Gasteiger partial charge in [0.15, 0.2) is 0 Å². The third-order valence-corrected chi connectivity index (χ3v) is 4.54. The number of thiophene rings is 1. The van der Waals surface area contributed by atoms with Crippen molar-refractivity contribution in [1.82, 2.24) is 5.32 Å². The molecule has 0 radical (unpaired) electrons. The first-order chi connectivity index (χ1) is 9.10. The number of phenols is 1. The lowest BCUT2D eigenvalue weighted by molar-refractivity contribution is 0.404. The Morgan fingerprint density at radius 2 is 2.16 bits per heavy atom. The van der Waals surface area contributed by atoms with Gasteiger partial charge in [-0.3, -0.25) is 0 Å². The Morgan fingerprint density at radius 1 is 1.37 bits per heavy atom. The van der Waals surface area contributed by atoms with E-state index in [1.165, 1.54) is 4.88 Å². The fraction of sp³-hybridized carbons (Fsp3) is 0.286. The number of aromatic hydroxyl groups is 1. The second kappa shape index (κ2) is 6.41. The standard InChI is InChI=1S/C14H16BrNO2S/c1-9(16-8-11-4-6-14(15)19-11)12-5-3-10(18-2)7-13(12)17/h3-7,9,16-17H,8H2,1-2H3. The van der Waals surface area contributed by atoms with Crippen LogP contribution in [0.25, 0.3) is 0 Å². The third kappa shape index (κ3) is 3.72. The van der Waals surface area contributed by atoms with Gasteiger partial charge in [0.2, 0.25) is 0 Å². The summed E-state index contributed by atoms with van der Waals surface area (Å²) in [7, 11) is 1.59. The molecule has 0 aliphatic carbocycles. The maximum atomic E-state index is 9.97. The number of methoxy groups -OCH3 is 1. The monoisotopic (exact) mass is 341 g/mol. The van der Waals surface area contributed by atoms with Crippen LogP contribution in [-0.4, -0.2) is 12.2 Å². The average molecular weight is 342 g/mol. The summed E-state index contributed by atoms with van der Waals surface area (Å²) < 4.78 is 6.21. The zero-order chi connectivity index (χ0) is 13.8. The molecule has 1 aromatic heterocycles. The molecule has 3 nitrogen and oxygen atoms in total. The summed E-state index contributed by atoms with van der Waals surface area (Å²) in [5.41, 5.74) is 0.872. The van der Waals surface area contributed by atoms with Gasteiger partial charge in [-0.1, -0.05) is 6.07 Å². The molecular weight excluding hydrogens is 326 g/mol. The van der Waals surface area contributed by atoms with Gasteiger partial charge in [0.25, 0.3) is 0 Å². The van der Waals surface area contributed by atoms with Crippen molar-refractivity contribution >= 4 is 27.3 Å². The highest BCUT2D eigenvalue weighted by atomic mass is 79.9. The molecule has 2 N–H and O–H groups in total. The highest BCUT2D eigenvalue weighted by Gasteiger charge is 2.11. The summed E-state index contributed by atoms with van der Waals surface area (Å²) in [6.45, 7) is 2.81. The smallest absolute Gasteiger partial charge is 0.124 e. The van der Waals surface area contributed by atoms with Crippen molar-refractivity contribution in [3.8, 4) is 11.5 Å². The molecule has 1 unspecified atom stereocenters. The van der Waals surface area contributed by atoms with Crippen molar-refractivity contribution in [3.63, 3.8) is 0 Å². The van der Waals surface area contributed by atoms with E-state index >= 15 is 0 Å². The summed E-state index contributed by atoms with van der Waals surface area (Å²) in [5.74, 6) is 0.919. The van der Waals surface area contributed by atoms with Crippen molar-refractivity contribution in [2.75, 3.05) is 7.11 Å². The number of ether oxygens (including phenoxy) is 1. The first-order valence-corrected chi connectivity index (χ1v) is 7.55. The van der Waals surface area contributed by atoms with E-state index in [0.717, 1.165) is 15.9 Å². The maximum Gasteiger partial charge on any atom is 0.124 e. The van der Waals surface area contributed by atoms with Gasteiger partial charge in [0.1, 0.15) is 11.5 Å². The number of hydrogen-bond acceptors (Lipinski definition) is 4. The molecule has 0 saturated carbocycles. The van der Waals surface area contributed by atoms with Gasteiger partial charge in [-0.2, -0.15) is 0 Å². The zero-order valence-corrected chi connectivity index (χ0v) is 13.2. The Balaban J connectivity index is 2.01. The van der Waals surface area contributed by atoms with Gasteiger partial charge in [0, 0.05) is 29.1 Å².